The highest BCUT2D eigenvalue weighted by atomic mass is 35.5. The van der Waals surface area contributed by atoms with Gasteiger partial charge in [-0.25, -0.2) is 0 Å². The number of halogens is 1. The van der Waals surface area contributed by atoms with Crippen molar-refractivity contribution in [1.82, 2.24) is 0 Å². The zero-order chi connectivity index (χ0) is 21.4. The number of carbonyl (C=O) groups is 2. The van der Waals surface area contributed by atoms with Crippen LogP contribution in [0.15, 0.2) is 42.5 Å². The van der Waals surface area contributed by atoms with Crippen molar-refractivity contribution >= 4 is 34.8 Å². The Hall–Kier alpha value is -2.37. The average molecular weight is 417 g/mol. The van der Waals surface area contributed by atoms with E-state index < -0.39 is 0 Å². The maximum atomic E-state index is 12.6. The quantitative estimate of drug-likeness (QED) is 0.584. The second-order valence-corrected chi connectivity index (χ2v) is 7.85. The highest BCUT2D eigenvalue weighted by Gasteiger charge is 2.19. The van der Waals surface area contributed by atoms with Crippen LogP contribution in [0.4, 0.5) is 11.4 Å². The van der Waals surface area contributed by atoms with Crippen LogP contribution in [-0.4, -0.2) is 31.4 Å². The minimum absolute atomic E-state index is 0.0932. The van der Waals surface area contributed by atoms with Crippen molar-refractivity contribution in [3.05, 3.63) is 58.6 Å². The molecule has 0 fully saturated rings. The van der Waals surface area contributed by atoms with Gasteiger partial charge in [-0.2, -0.15) is 0 Å². The van der Waals surface area contributed by atoms with E-state index in [-0.39, 0.29) is 24.9 Å². The number of likely N-dealkylation sites (N-methyl/N-ethyl adjacent to an activating group) is 1. The number of hydrogen-bond acceptors (Lipinski definition) is 2. The molecule has 2 amide bonds. The van der Waals surface area contributed by atoms with Gasteiger partial charge in [0.2, 0.25) is 0 Å². The third-order valence-corrected chi connectivity index (χ3v) is 5.41. The molecule has 0 saturated heterocycles. The Labute approximate surface area is 178 Å². The van der Waals surface area contributed by atoms with E-state index >= 15 is 0 Å². The van der Waals surface area contributed by atoms with Crippen LogP contribution >= 0.6 is 11.6 Å². The van der Waals surface area contributed by atoms with E-state index in [1.165, 1.54) is 0 Å². The van der Waals surface area contributed by atoms with Crippen molar-refractivity contribution in [2.75, 3.05) is 30.3 Å². The first-order chi connectivity index (χ1) is 13.8. The minimum Gasteiger partial charge on any atom is -0.321 e. The number of carbonyl (C=O) groups excluding carboxylic acids is 2. The molecule has 2 rings (SSSR count). The smallest absolute Gasteiger partial charge is 0.279 e. The van der Waals surface area contributed by atoms with Gasteiger partial charge >= 0.3 is 0 Å². The predicted octanol–water partition coefficient (Wildman–Crippen LogP) is 3.64. The molecule has 0 bridgehead atoms. The fraction of sp³-hybridized carbons (Fsp3) is 0.391. The molecule has 29 heavy (non-hydrogen) atoms. The maximum Gasteiger partial charge on any atom is 0.279 e. The summed E-state index contributed by atoms with van der Waals surface area (Å²) in [7, 11) is 0. The molecule has 0 spiro atoms. The van der Waals surface area contributed by atoms with Gasteiger partial charge in [0.15, 0.2) is 13.1 Å². The molecule has 0 aliphatic heterocycles. The first-order valence-corrected chi connectivity index (χ1v) is 10.5. The highest BCUT2D eigenvalue weighted by molar-refractivity contribution is 6.31. The van der Waals surface area contributed by atoms with Crippen LogP contribution < -0.4 is 15.5 Å². The van der Waals surface area contributed by atoms with Gasteiger partial charge in [-0.15, -0.1) is 0 Å². The molecule has 2 aromatic carbocycles. The molecule has 2 atom stereocenters. The van der Waals surface area contributed by atoms with Gasteiger partial charge in [0.05, 0.1) is 6.54 Å². The fourth-order valence-electron chi connectivity index (χ4n) is 3.14. The molecule has 0 aromatic heterocycles. The number of amides is 2. The number of quaternary nitrogens is 1. The van der Waals surface area contributed by atoms with Crippen LogP contribution in [-0.2, 0) is 9.59 Å². The summed E-state index contributed by atoms with van der Waals surface area (Å²) < 4.78 is 0. The van der Waals surface area contributed by atoms with Crippen LogP contribution in [0.3, 0.4) is 0 Å². The lowest BCUT2D eigenvalue weighted by Crippen LogP contribution is -3.13. The normalized spacial score (nSPS) is 12.9. The van der Waals surface area contributed by atoms with Crippen LogP contribution in [0.25, 0.3) is 0 Å². The number of aryl methyl sites for hydroxylation is 1. The van der Waals surface area contributed by atoms with Crippen LogP contribution in [0, 0.1) is 6.92 Å². The predicted molar refractivity (Wildman–Crippen MR) is 120 cm³/mol. The van der Waals surface area contributed by atoms with Gasteiger partial charge in [-0.05, 0) is 55.5 Å². The van der Waals surface area contributed by atoms with E-state index in [1.807, 2.05) is 38.1 Å². The van der Waals surface area contributed by atoms with Crippen LogP contribution in [0.1, 0.15) is 44.2 Å². The van der Waals surface area contributed by atoms with E-state index in [0.717, 1.165) is 28.1 Å². The molecule has 2 aromatic rings. The highest BCUT2D eigenvalue weighted by Crippen LogP contribution is 2.26. The van der Waals surface area contributed by atoms with E-state index in [1.54, 1.807) is 12.1 Å². The van der Waals surface area contributed by atoms with Gasteiger partial charge < -0.3 is 15.5 Å². The van der Waals surface area contributed by atoms with Crippen molar-refractivity contribution in [3.8, 4) is 0 Å². The standard InChI is InChI=1S/C23H30ClN3O2/c1-5-16(3)19-9-7-8-10-20(19)25-22(28)14-27(6-2)15-23(29)26-21-13-18(24)12-11-17(21)4/h7-13,16H,5-6,14-15H2,1-4H3,(H,25,28)(H,26,29)/p+1/t16-/m1/s1. The number of benzene rings is 2. The Balaban J connectivity index is 1.96. The molecule has 0 aliphatic carbocycles. The molecule has 6 heteroatoms. The monoisotopic (exact) mass is 416 g/mol. The van der Waals surface area contributed by atoms with Gasteiger partial charge in [0, 0.05) is 16.4 Å². The first kappa shape index (κ1) is 22.9. The Bertz CT molecular complexity index is 854. The molecule has 156 valence electrons. The van der Waals surface area contributed by atoms with Crippen molar-refractivity contribution in [3.63, 3.8) is 0 Å². The lowest BCUT2D eigenvalue weighted by atomic mass is 9.97. The minimum atomic E-state index is -0.139. The topological polar surface area (TPSA) is 62.6 Å². The summed E-state index contributed by atoms with van der Waals surface area (Å²) in [4.78, 5) is 26.0. The zero-order valence-electron chi connectivity index (χ0n) is 17.6. The lowest BCUT2D eigenvalue weighted by Gasteiger charge is -2.19. The maximum absolute atomic E-state index is 12.6. The summed E-state index contributed by atoms with van der Waals surface area (Å²) in [5.74, 6) is 0.136. The van der Waals surface area contributed by atoms with E-state index in [4.69, 9.17) is 11.6 Å². The summed E-state index contributed by atoms with van der Waals surface area (Å²) in [5.41, 5.74) is 3.63. The number of anilines is 2. The molecular formula is C23H31ClN3O2+. The SMILES string of the molecule is CC[C@@H](C)c1ccccc1NC(=O)C[NH+](CC)CC(=O)Nc1cc(Cl)ccc1C. The van der Waals surface area contributed by atoms with E-state index in [9.17, 15) is 9.59 Å². The van der Waals surface area contributed by atoms with Crippen molar-refractivity contribution in [1.29, 1.82) is 0 Å². The Morgan fingerprint density at radius 3 is 2.24 bits per heavy atom. The summed E-state index contributed by atoms with van der Waals surface area (Å²) in [6, 6.07) is 13.3. The van der Waals surface area contributed by atoms with Gasteiger partial charge in [0.1, 0.15) is 0 Å². The van der Waals surface area contributed by atoms with Crippen LogP contribution in [0.2, 0.25) is 5.02 Å². The summed E-state index contributed by atoms with van der Waals surface area (Å²) in [5, 5.41) is 6.49. The molecule has 5 nitrogen and oxygen atoms in total. The number of rotatable bonds is 9. The summed E-state index contributed by atoms with van der Waals surface area (Å²) in [6.07, 6.45) is 1.00. The average Bonchev–Trinajstić information content (AvgIpc) is 2.70. The third-order valence-electron chi connectivity index (χ3n) is 5.17. The molecule has 0 radical (unpaired) electrons. The lowest BCUT2D eigenvalue weighted by molar-refractivity contribution is -0.881. The number of nitrogens with one attached hydrogen (secondary N) is 3. The molecule has 0 aliphatic rings. The second kappa shape index (κ2) is 11.0. The van der Waals surface area contributed by atoms with Gasteiger partial charge in [0.25, 0.3) is 11.8 Å². The fourth-order valence-corrected chi connectivity index (χ4v) is 3.32. The number of hydrogen-bond donors (Lipinski definition) is 3. The van der Waals surface area contributed by atoms with Crippen LogP contribution in [0.5, 0.6) is 0 Å². The largest absolute Gasteiger partial charge is 0.321 e. The third kappa shape index (κ3) is 6.87. The Morgan fingerprint density at radius 2 is 1.62 bits per heavy atom. The molecule has 0 heterocycles. The van der Waals surface area contributed by atoms with Crippen molar-refractivity contribution in [2.45, 2.75) is 40.0 Å². The molecule has 1 unspecified atom stereocenters. The molecule has 0 saturated carbocycles. The molecular weight excluding hydrogens is 386 g/mol. The van der Waals surface area contributed by atoms with Gasteiger partial charge in [-0.1, -0.05) is 49.7 Å². The second-order valence-electron chi connectivity index (χ2n) is 7.41. The van der Waals surface area contributed by atoms with E-state index in [2.05, 4.69) is 30.5 Å². The Morgan fingerprint density at radius 1 is 1.00 bits per heavy atom. The zero-order valence-corrected chi connectivity index (χ0v) is 18.4. The van der Waals surface area contributed by atoms with Crippen molar-refractivity contribution in [2.24, 2.45) is 0 Å². The van der Waals surface area contributed by atoms with Gasteiger partial charge in [-0.3, -0.25) is 9.59 Å². The summed E-state index contributed by atoms with van der Waals surface area (Å²) >= 11 is 6.02. The first-order valence-electron chi connectivity index (χ1n) is 10.1. The van der Waals surface area contributed by atoms with Crippen molar-refractivity contribution < 1.29 is 14.5 Å². The summed E-state index contributed by atoms with van der Waals surface area (Å²) in [6.45, 7) is 9.27. The Kier molecular flexibility index (Phi) is 8.68. The number of para-hydroxylation sites is 1. The molecule has 3 N–H and O–H groups in total. The van der Waals surface area contributed by atoms with E-state index in [0.29, 0.717) is 23.2 Å².